The van der Waals surface area contributed by atoms with Crippen molar-refractivity contribution >= 4 is 5.95 Å². The first-order chi connectivity index (χ1) is 6.77. The molecule has 1 aliphatic rings. The van der Waals surface area contributed by atoms with Crippen molar-refractivity contribution < 1.29 is 0 Å². The van der Waals surface area contributed by atoms with Gasteiger partial charge in [-0.25, -0.2) is 4.68 Å². The molecule has 0 spiro atoms. The molecule has 78 valence electrons. The molecule has 1 fully saturated rings. The molecule has 1 aromatic heterocycles. The quantitative estimate of drug-likeness (QED) is 0.766. The van der Waals surface area contributed by atoms with Crippen LogP contribution in [-0.2, 0) is 6.54 Å². The van der Waals surface area contributed by atoms with Crippen LogP contribution in [0.25, 0.3) is 0 Å². The summed E-state index contributed by atoms with van der Waals surface area (Å²) in [5.41, 5.74) is 5.63. The minimum Gasteiger partial charge on any atom is -0.367 e. The normalized spacial score (nSPS) is 27.8. The van der Waals surface area contributed by atoms with Crippen molar-refractivity contribution in [3.8, 4) is 0 Å². The van der Waals surface area contributed by atoms with E-state index in [9.17, 15) is 0 Å². The van der Waals surface area contributed by atoms with Gasteiger partial charge in [0, 0.05) is 6.54 Å². The molecular weight excluding hydrogens is 178 g/mol. The largest absolute Gasteiger partial charge is 0.367 e. The zero-order chi connectivity index (χ0) is 9.97. The first-order valence-electron chi connectivity index (χ1n) is 5.29. The van der Waals surface area contributed by atoms with Crippen molar-refractivity contribution in [2.45, 2.75) is 39.2 Å². The molecule has 0 bridgehead atoms. The number of nitrogens with two attached hydrogens (primary N) is 1. The van der Waals surface area contributed by atoms with E-state index in [2.05, 4.69) is 22.4 Å². The Balaban J connectivity index is 1.99. The number of nitrogen functional groups attached to an aromatic ring is 1. The minimum atomic E-state index is 0.433. The van der Waals surface area contributed by atoms with Crippen LogP contribution in [0.15, 0.2) is 0 Å². The molecule has 0 saturated heterocycles. The van der Waals surface area contributed by atoms with E-state index >= 15 is 0 Å². The van der Waals surface area contributed by atoms with Gasteiger partial charge in [0.2, 0.25) is 5.95 Å². The van der Waals surface area contributed by atoms with Crippen LogP contribution in [0.3, 0.4) is 0 Å². The smallest absolute Gasteiger partial charge is 0.240 e. The molecular formula is C9H17N5. The highest BCUT2D eigenvalue weighted by Gasteiger charge is 2.22. The SMILES string of the molecule is CC1CCCCC1Cn1nnnc1N. The number of hydrogen-bond acceptors (Lipinski definition) is 4. The summed E-state index contributed by atoms with van der Waals surface area (Å²) in [5, 5.41) is 11.1. The van der Waals surface area contributed by atoms with Gasteiger partial charge >= 0.3 is 0 Å². The van der Waals surface area contributed by atoms with E-state index < -0.39 is 0 Å². The fourth-order valence-corrected chi connectivity index (χ4v) is 2.23. The van der Waals surface area contributed by atoms with Crippen LogP contribution in [0.1, 0.15) is 32.6 Å². The summed E-state index contributed by atoms with van der Waals surface area (Å²) in [5.74, 6) is 1.89. The van der Waals surface area contributed by atoms with Gasteiger partial charge in [-0.05, 0) is 28.7 Å². The highest BCUT2D eigenvalue weighted by molar-refractivity contribution is 5.09. The molecule has 0 aromatic carbocycles. The molecule has 2 atom stereocenters. The maximum atomic E-state index is 5.63. The van der Waals surface area contributed by atoms with Crippen molar-refractivity contribution in [1.29, 1.82) is 0 Å². The third kappa shape index (κ3) is 1.86. The van der Waals surface area contributed by atoms with E-state index in [0.717, 1.165) is 12.5 Å². The molecule has 14 heavy (non-hydrogen) atoms. The van der Waals surface area contributed by atoms with Gasteiger partial charge in [-0.1, -0.05) is 31.3 Å². The maximum absolute atomic E-state index is 5.63. The van der Waals surface area contributed by atoms with E-state index in [4.69, 9.17) is 5.73 Å². The van der Waals surface area contributed by atoms with E-state index in [0.29, 0.717) is 11.9 Å². The summed E-state index contributed by atoms with van der Waals surface area (Å²) in [6, 6.07) is 0. The molecule has 2 rings (SSSR count). The second kappa shape index (κ2) is 3.94. The molecule has 0 aliphatic heterocycles. The predicted octanol–water partition coefficient (Wildman–Crippen LogP) is 1.08. The van der Waals surface area contributed by atoms with Crippen LogP contribution >= 0.6 is 0 Å². The lowest BCUT2D eigenvalue weighted by atomic mass is 9.80. The fraction of sp³-hybridized carbons (Fsp3) is 0.889. The second-order valence-electron chi connectivity index (χ2n) is 4.24. The summed E-state index contributed by atoms with van der Waals surface area (Å²) in [6.45, 7) is 3.18. The molecule has 2 N–H and O–H groups in total. The van der Waals surface area contributed by atoms with Crippen LogP contribution in [0.5, 0.6) is 0 Å². The number of anilines is 1. The Labute approximate surface area is 83.7 Å². The van der Waals surface area contributed by atoms with E-state index in [1.807, 2.05) is 0 Å². The number of hydrogen-bond donors (Lipinski definition) is 1. The third-order valence-corrected chi connectivity index (χ3v) is 3.26. The van der Waals surface area contributed by atoms with E-state index in [1.54, 1.807) is 4.68 Å². The van der Waals surface area contributed by atoms with E-state index in [-0.39, 0.29) is 0 Å². The highest BCUT2D eigenvalue weighted by atomic mass is 15.6. The zero-order valence-electron chi connectivity index (χ0n) is 8.56. The Kier molecular flexibility index (Phi) is 2.65. The van der Waals surface area contributed by atoms with Crippen molar-refractivity contribution in [2.75, 3.05) is 5.73 Å². The molecule has 2 unspecified atom stereocenters. The van der Waals surface area contributed by atoms with Gasteiger partial charge in [-0.15, -0.1) is 0 Å². The van der Waals surface area contributed by atoms with Gasteiger partial charge in [-0.3, -0.25) is 0 Å². The van der Waals surface area contributed by atoms with Crippen LogP contribution < -0.4 is 5.73 Å². The van der Waals surface area contributed by atoms with Crippen molar-refractivity contribution in [1.82, 2.24) is 20.2 Å². The zero-order valence-corrected chi connectivity index (χ0v) is 8.56. The van der Waals surface area contributed by atoms with Crippen molar-refractivity contribution in [3.63, 3.8) is 0 Å². The van der Waals surface area contributed by atoms with Gasteiger partial charge in [0.15, 0.2) is 0 Å². The molecule has 1 saturated carbocycles. The fourth-order valence-electron chi connectivity index (χ4n) is 2.23. The highest BCUT2D eigenvalue weighted by Crippen LogP contribution is 2.30. The molecule has 0 amide bonds. The lowest BCUT2D eigenvalue weighted by molar-refractivity contribution is 0.221. The number of rotatable bonds is 2. The van der Waals surface area contributed by atoms with Gasteiger partial charge in [0.1, 0.15) is 0 Å². The molecule has 0 radical (unpaired) electrons. The van der Waals surface area contributed by atoms with Crippen LogP contribution in [0.4, 0.5) is 5.95 Å². The Morgan fingerprint density at radius 2 is 2.21 bits per heavy atom. The monoisotopic (exact) mass is 195 g/mol. The van der Waals surface area contributed by atoms with E-state index in [1.165, 1.54) is 25.7 Å². The Morgan fingerprint density at radius 1 is 1.43 bits per heavy atom. The first kappa shape index (κ1) is 9.43. The summed E-state index contributed by atoms with van der Waals surface area (Å²) in [6.07, 6.45) is 5.30. The number of nitrogens with zero attached hydrogens (tertiary/aromatic N) is 4. The first-order valence-corrected chi connectivity index (χ1v) is 5.29. The van der Waals surface area contributed by atoms with Crippen LogP contribution in [0.2, 0.25) is 0 Å². The number of tetrazole rings is 1. The topological polar surface area (TPSA) is 69.6 Å². The Bertz CT molecular complexity index is 295. The maximum Gasteiger partial charge on any atom is 0.240 e. The predicted molar refractivity (Wildman–Crippen MR) is 53.4 cm³/mol. The average molecular weight is 195 g/mol. The molecule has 5 heteroatoms. The molecule has 1 aromatic rings. The standard InChI is InChI=1S/C9H17N5/c1-7-4-2-3-5-8(7)6-14-9(10)11-12-13-14/h7-8H,2-6H2,1H3,(H2,10,11,13). The molecule has 1 heterocycles. The van der Waals surface area contributed by atoms with Gasteiger partial charge < -0.3 is 5.73 Å². The summed E-state index contributed by atoms with van der Waals surface area (Å²) >= 11 is 0. The van der Waals surface area contributed by atoms with Crippen molar-refractivity contribution in [2.24, 2.45) is 11.8 Å². The van der Waals surface area contributed by atoms with Gasteiger partial charge in [-0.2, -0.15) is 0 Å². The molecule has 1 aliphatic carbocycles. The lowest BCUT2D eigenvalue weighted by Gasteiger charge is -2.28. The lowest BCUT2D eigenvalue weighted by Crippen LogP contribution is -2.23. The minimum absolute atomic E-state index is 0.433. The number of aromatic nitrogens is 4. The van der Waals surface area contributed by atoms with Crippen molar-refractivity contribution in [3.05, 3.63) is 0 Å². The van der Waals surface area contributed by atoms with Gasteiger partial charge in [0.25, 0.3) is 0 Å². The molecule has 5 nitrogen and oxygen atoms in total. The Morgan fingerprint density at radius 3 is 2.86 bits per heavy atom. The van der Waals surface area contributed by atoms with Crippen LogP contribution in [0, 0.1) is 11.8 Å². The summed E-state index contributed by atoms with van der Waals surface area (Å²) < 4.78 is 1.71. The third-order valence-electron chi connectivity index (χ3n) is 3.26. The second-order valence-corrected chi connectivity index (χ2v) is 4.24. The summed E-state index contributed by atoms with van der Waals surface area (Å²) in [7, 11) is 0. The average Bonchev–Trinajstić information content (AvgIpc) is 2.56. The summed E-state index contributed by atoms with van der Waals surface area (Å²) in [4.78, 5) is 0. The Hall–Kier alpha value is -1.13. The van der Waals surface area contributed by atoms with Crippen LogP contribution in [-0.4, -0.2) is 20.2 Å². The van der Waals surface area contributed by atoms with Gasteiger partial charge in [0.05, 0.1) is 0 Å².